The van der Waals surface area contributed by atoms with Gasteiger partial charge in [0.05, 0.1) is 0 Å². The molecule has 1 aliphatic rings. The summed E-state index contributed by atoms with van der Waals surface area (Å²) in [5.74, 6) is 0. The number of aryl methyl sites for hydroxylation is 2. The van der Waals surface area contributed by atoms with Crippen molar-refractivity contribution in [3.63, 3.8) is 0 Å². The molecule has 0 radical (unpaired) electrons. The van der Waals surface area contributed by atoms with Crippen molar-refractivity contribution in [2.24, 2.45) is 0 Å². The summed E-state index contributed by atoms with van der Waals surface area (Å²) in [6.45, 7) is 2.15. The van der Waals surface area contributed by atoms with Crippen molar-refractivity contribution < 1.29 is 0 Å². The van der Waals surface area contributed by atoms with Gasteiger partial charge in [0.2, 0.25) is 0 Å². The highest BCUT2D eigenvalue weighted by molar-refractivity contribution is 7.98. The third-order valence-electron chi connectivity index (χ3n) is 4.26. The third kappa shape index (κ3) is 3.16. The minimum absolute atomic E-state index is 1.07. The molecule has 0 fully saturated rings. The predicted molar refractivity (Wildman–Crippen MR) is 96.6 cm³/mol. The topological polar surface area (TPSA) is 8.17 Å². The Hall–Kier alpha value is -1.45. The van der Waals surface area contributed by atoms with Gasteiger partial charge >= 0.3 is 0 Å². The van der Waals surface area contributed by atoms with Gasteiger partial charge in [-0.1, -0.05) is 12.1 Å². The van der Waals surface area contributed by atoms with Crippen LogP contribution in [0, 0.1) is 0 Å². The van der Waals surface area contributed by atoms with Crippen molar-refractivity contribution in [3.05, 3.63) is 59.4 Å². The lowest BCUT2D eigenvalue weighted by Crippen LogP contribution is -2.12. The minimum Gasteiger partial charge on any atom is -0.347 e. The molecule has 2 aromatic rings. The fourth-order valence-corrected chi connectivity index (χ4v) is 3.51. The van der Waals surface area contributed by atoms with E-state index >= 15 is 0 Å². The Morgan fingerprint density at radius 3 is 2.91 bits per heavy atom. The molecule has 0 aliphatic carbocycles. The molecule has 0 amide bonds. The van der Waals surface area contributed by atoms with Crippen LogP contribution in [-0.4, -0.2) is 36.4 Å². The highest BCUT2D eigenvalue weighted by atomic mass is 32.2. The van der Waals surface area contributed by atoms with Gasteiger partial charge in [-0.2, -0.15) is 0 Å². The number of thioether (sulfide) groups is 1. The molecule has 22 heavy (non-hydrogen) atoms. The molecular formula is C19H24N2S. The van der Waals surface area contributed by atoms with E-state index in [-0.39, 0.29) is 0 Å². The molecular weight excluding hydrogens is 288 g/mol. The maximum absolute atomic E-state index is 2.42. The molecule has 2 heterocycles. The molecule has 0 unspecified atom stereocenters. The number of fused-ring (bicyclic) bond motifs is 2. The molecule has 116 valence electrons. The van der Waals surface area contributed by atoms with Gasteiger partial charge in [-0.3, -0.25) is 0 Å². The Balaban J connectivity index is 2.06. The normalized spacial score (nSPS) is 15.7. The van der Waals surface area contributed by atoms with Crippen molar-refractivity contribution >= 4 is 17.3 Å². The maximum atomic E-state index is 2.42. The number of nitrogens with zero attached hydrogens (tertiary/aromatic N) is 2. The van der Waals surface area contributed by atoms with Gasteiger partial charge in [0, 0.05) is 35.4 Å². The molecule has 1 aromatic heterocycles. The van der Waals surface area contributed by atoms with Gasteiger partial charge < -0.3 is 9.47 Å². The Morgan fingerprint density at radius 1 is 1.27 bits per heavy atom. The summed E-state index contributed by atoms with van der Waals surface area (Å²) >= 11 is 1.82. The van der Waals surface area contributed by atoms with Crippen LogP contribution in [0.5, 0.6) is 0 Å². The summed E-state index contributed by atoms with van der Waals surface area (Å²) in [7, 11) is 4.27. The quantitative estimate of drug-likeness (QED) is 0.784. The first-order chi connectivity index (χ1) is 10.7. The second-order valence-corrected chi connectivity index (χ2v) is 6.95. The fraction of sp³-hybridized carbons (Fsp3) is 0.368. The Morgan fingerprint density at radius 2 is 2.14 bits per heavy atom. The summed E-state index contributed by atoms with van der Waals surface area (Å²) in [5, 5.41) is 0. The fourth-order valence-electron chi connectivity index (χ4n) is 3.07. The number of hydrogen-bond acceptors (Lipinski definition) is 2. The average molecular weight is 312 g/mol. The SMILES string of the molecule is CSc1ccc2c(c1)C(=CCCN(C)C)c1cccn1CC2. The smallest absolute Gasteiger partial charge is 0.0483 e. The van der Waals surface area contributed by atoms with Crippen molar-refractivity contribution in [1.29, 1.82) is 0 Å². The lowest BCUT2D eigenvalue weighted by atomic mass is 9.96. The van der Waals surface area contributed by atoms with E-state index in [1.54, 1.807) is 0 Å². The van der Waals surface area contributed by atoms with E-state index in [0.717, 1.165) is 25.9 Å². The number of benzene rings is 1. The Bertz CT molecular complexity index is 682. The van der Waals surface area contributed by atoms with Crippen LogP contribution >= 0.6 is 11.8 Å². The first kappa shape index (κ1) is 15.4. The van der Waals surface area contributed by atoms with Crippen LogP contribution in [0.4, 0.5) is 0 Å². The predicted octanol–water partition coefficient (Wildman–Crippen LogP) is 4.15. The standard InChI is InChI=1S/C19H24N2S/c1-20(2)11-4-6-17-18-14-16(22-3)9-8-15(18)10-13-21-12-5-7-19(17)21/h5-9,12,14H,4,10-11,13H2,1-3H3. The van der Waals surface area contributed by atoms with Gasteiger partial charge in [-0.05, 0) is 68.6 Å². The van der Waals surface area contributed by atoms with E-state index in [1.807, 2.05) is 11.8 Å². The van der Waals surface area contributed by atoms with Gasteiger partial charge in [-0.25, -0.2) is 0 Å². The molecule has 2 nitrogen and oxygen atoms in total. The van der Waals surface area contributed by atoms with E-state index in [4.69, 9.17) is 0 Å². The third-order valence-corrected chi connectivity index (χ3v) is 4.98. The van der Waals surface area contributed by atoms with Crippen molar-refractivity contribution in [1.82, 2.24) is 9.47 Å². The Labute approximate surface area is 137 Å². The summed E-state index contributed by atoms with van der Waals surface area (Å²) in [5.41, 5.74) is 5.65. The average Bonchev–Trinajstić information content (AvgIpc) is 2.92. The minimum atomic E-state index is 1.07. The van der Waals surface area contributed by atoms with E-state index in [0.29, 0.717) is 0 Å². The summed E-state index contributed by atoms with van der Waals surface area (Å²) < 4.78 is 2.39. The summed E-state index contributed by atoms with van der Waals surface area (Å²) in [6.07, 6.45) is 8.96. The molecule has 0 bridgehead atoms. The molecule has 3 rings (SSSR count). The largest absolute Gasteiger partial charge is 0.347 e. The molecule has 3 heteroatoms. The number of rotatable bonds is 4. The van der Waals surface area contributed by atoms with Gasteiger partial charge in [-0.15, -0.1) is 11.8 Å². The molecule has 0 saturated heterocycles. The van der Waals surface area contributed by atoms with Crippen molar-refractivity contribution in [2.75, 3.05) is 26.9 Å². The molecule has 0 N–H and O–H groups in total. The molecule has 1 aromatic carbocycles. The van der Waals surface area contributed by atoms with Gasteiger partial charge in [0.1, 0.15) is 0 Å². The van der Waals surface area contributed by atoms with Crippen LogP contribution in [0.25, 0.3) is 5.57 Å². The van der Waals surface area contributed by atoms with Crippen LogP contribution < -0.4 is 0 Å². The van der Waals surface area contributed by atoms with E-state index in [2.05, 4.69) is 72.4 Å². The van der Waals surface area contributed by atoms with Crippen molar-refractivity contribution in [3.8, 4) is 0 Å². The second-order valence-electron chi connectivity index (χ2n) is 6.07. The zero-order chi connectivity index (χ0) is 15.5. The van der Waals surface area contributed by atoms with Crippen LogP contribution in [-0.2, 0) is 13.0 Å². The van der Waals surface area contributed by atoms with Crippen LogP contribution in [0.15, 0.2) is 47.5 Å². The monoisotopic (exact) mass is 312 g/mol. The Kier molecular flexibility index (Phi) is 4.74. The molecule has 0 atom stereocenters. The summed E-state index contributed by atoms with van der Waals surface area (Å²) in [4.78, 5) is 3.59. The van der Waals surface area contributed by atoms with E-state index in [1.165, 1.54) is 27.3 Å². The highest BCUT2D eigenvalue weighted by Gasteiger charge is 2.17. The highest BCUT2D eigenvalue weighted by Crippen LogP contribution is 2.33. The molecule has 0 spiro atoms. The van der Waals surface area contributed by atoms with Gasteiger partial charge in [0.15, 0.2) is 0 Å². The summed E-state index contributed by atoms with van der Waals surface area (Å²) in [6, 6.07) is 11.3. The van der Waals surface area contributed by atoms with E-state index in [9.17, 15) is 0 Å². The first-order valence-electron chi connectivity index (χ1n) is 7.86. The lowest BCUT2D eigenvalue weighted by molar-refractivity contribution is 0.417. The first-order valence-corrected chi connectivity index (χ1v) is 9.09. The van der Waals surface area contributed by atoms with Crippen molar-refractivity contribution in [2.45, 2.75) is 24.3 Å². The number of aromatic nitrogens is 1. The van der Waals surface area contributed by atoms with Gasteiger partial charge in [0.25, 0.3) is 0 Å². The zero-order valence-corrected chi connectivity index (χ0v) is 14.5. The van der Waals surface area contributed by atoms with Crippen LogP contribution in [0.3, 0.4) is 0 Å². The molecule has 1 aliphatic heterocycles. The number of hydrogen-bond donors (Lipinski definition) is 0. The molecule has 0 saturated carbocycles. The second kappa shape index (κ2) is 6.76. The maximum Gasteiger partial charge on any atom is 0.0483 e. The van der Waals surface area contributed by atoms with Crippen LogP contribution in [0.1, 0.15) is 23.2 Å². The van der Waals surface area contributed by atoms with E-state index < -0.39 is 0 Å². The zero-order valence-electron chi connectivity index (χ0n) is 13.7. The lowest BCUT2D eigenvalue weighted by Gasteiger charge is -2.13. The van der Waals surface area contributed by atoms with Crippen LogP contribution in [0.2, 0.25) is 0 Å².